The minimum absolute atomic E-state index is 0.0529. The van der Waals surface area contributed by atoms with Gasteiger partial charge in [-0.1, -0.05) is 25.4 Å². The van der Waals surface area contributed by atoms with Crippen molar-refractivity contribution in [2.75, 3.05) is 38.1 Å². The van der Waals surface area contributed by atoms with E-state index in [1.54, 1.807) is 6.20 Å². The van der Waals surface area contributed by atoms with Crippen molar-refractivity contribution in [3.05, 3.63) is 62.8 Å². The molecule has 11 heteroatoms. The van der Waals surface area contributed by atoms with Crippen LogP contribution < -0.4 is 15.5 Å². The molecule has 1 unspecified atom stereocenters. The molecule has 1 fully saturated rings. The summed E-state index contributed by atoms with van der Waals surface area (Å²) in [5.74, 6) is -0.227. The number of nitro benzene ring substituents is 1. The van der Waals surface area contributed by atoms with Crippen LogP contribution in [0.15, 0.2) is 36.5 Å². The van der Waals surface area contributed by atoms with E-state index in [-0.39, 0.29) is 28.1 Å². The summed E-state index contributed by atoms with van der Waals surface area (Å²) in [6, 6.07) is 6.60. The molecular weight excluding hydrogens is 460 g/mol. The molecule has 1 saturated heterocycles. The summed E-state index contributed by atoms with van der Waals surface area (Å²) in [7, 11) is 2.09. The van der Waals surface area contributed by atoms with Gasteiger partial charge in [0.15, 0.2) is 0 Å². The van der Waals surface area contributed by atoms with E-state index in [0.29, 0.717) is 6.54 Å². The Bertz CT molecular complexity index is 1060. The Morgan fingerprint density at radius 3 is 2.50 bits per heavy atom. The molecule has 3 rings (SSSR count). The normalized spacial score (nSPS) is 15.1. The zero-order valence-corrected chi connectivity index (χ0v) is 20.2. The van der Waals surface area contributed by atoms with Gasteiger partial charge in [0.2, 0.25) is 5.91 Å². The molecule has 0 spiro atoms. The second kappa shape index (κ2) is 11.3. The number of halogens is 1. The first-order valence-corrected chi connectivity index (χ1v) is 11.4. The first-order chi connectivity index (χ1) is 16.2. The van der Waals surface area contributed by atoms with Crippen molar-refractivity contribution in [2.45, 2.75) is 26.4 Å². The monoisotopic (exact) mass is 488 g/mol. The number of carbonyl (C=O) groups is 2. The number of non-ortho nitro benzene ring substituents is 1. The third-order valence-electron chi connectivity index (χ3n) is 5.75. The second-order valence-corrected chi connectivity index (χ2v) is 9.05. The minimum atomic E-state index is -0.808. The summed E-state index contributed by atoms with van der Waals surface area (Å²) in [6.07, 6.45) is 1.73. The maximum Gasteiger partial charge on any atom is 0.270 e. The number of piperazine rings is 1. The standard InChI is InChI=1S/C23H29ClN6O4/c1-15(2)21(27-22(31)18-5-4-17(30(33)34)13-19(18)24)23(32)26-14-16-6-7-25-20(12-16)29-10-8-28(3)9-11-29/h4-7,12-13,15,21H,8-11,14H2,1-3H3,(H,26,32)(H,27,31). The Labute approximate surface area is 203 Å². The van der Waals surface area contributed by atoms with Crippen molar-refractivity contribution in [1.29, 1.82) is 0 Å². The largest absolute Gasteiger partial charge is 0.354 e. The molecule has 1 aromatic heterocycles. The van der Waals surface area contributed by atoms with Crippen molar-refractivity contribution in [1.82, 2.24) is 20.5 Å². The number of anilines is 1. The third kappa shape index (κ3) is 6.42. The highest BCUT2D eigenvalue weighted by molar-refractivity contribution is 6.34. The number of nitrogens with zero attached hydrogens (tertiary/aromatic N) is 4. The molecule has 0 aliphatic carbocycles. The summed E-state index contributed by atoms with van der Waals surface area (Å²) in [6.45, 7) is 7.66. The van der Waals surface area contributed by atoms with Crippen LogP contribution in [0.4, 0.5) is 11.5 Å². The lowest BCUT2D eigenvalue weighted by Gasteiger charge is -2.33. The minimum Gasteiger partial charge on any atom is -0.354 e. The van der Waals surface area contributed by atoms with Gasteiger partial charge in [0.05, 0.1) is 15.5 Å². The van der Waals surface area contributed by atoms with E-state index >= 15 is 0 Å². The molecule has 2 amide bonds. The van der Waals surface area contributed by atoms with Gasteiger partial charge in [-0.2, -0.15) is 0 Å². The molecule has 182 valence electrons. The first kappa shape index (κ1) is 25.4. The Morgan fingerprint density at radius 2 is 1.88 bits per heavy atom. The Balaban J connectivity index is 1.63. The average molecular weight is 489 g/mol. The number of nitrogens with one attached hydrogen (secondary N) is 2. The Hall–Kier alpha value is -3.24. The quantitative estimate of drug-likeness (QED) is 0.432. The zero-order chi connectivity index (χ0) is 24.8. The van der Waals surface area contributed by atoms with Gasteiger partial charge in [-0.3, -0.25) is 19.7 Å². The number of likely N-dealkylation sites (N-methyl/N-ethyl adjacent to an activating group) is 1. The fraction of sp³-hybridized carbons (Fsp3) is 0.435. The van der Waals surface area contributed by atoms with Gasteiger partial charge in [-0.05, 0) is 36.7 Å². The van der Waals surface area contributed by atoms with Crippen LogP contribution in [-0.4, -0.2) is 65.9 Å². The summed E-state index contributed by atoms with van der Waals surface area (Å²) >= 11 is 6.06. The molecule has 0 saturated carbocycles. The number of carbonyl (C=O) groups excluding carboxylic acids is 2. The van der Waals surface area contributed by atoms with Crippen LogP contribution in [0.25, 0.3) is 0 Å². The highest BCUT2D eigenvalue weighted by atomic mass is 35.5. The van der Waals surface area contributed by atoms with Crippen LogP contribution in [0.5, 0.6) is 0 Å². The number of aromatic nitrogens is 1. The molecule has 10 nitrogen and oxygen atoms in total. The van der Waals surface area contributed by atoms with Gasteiger partial charge < -0.3 is 20.4 Å². The van der Waals surface area contributed by atoms with Gasteiger partial charge in [-0.15, -0.1) is 0 Å². The molecule has 0 bridgehead atoms. The number of rotatable bonds is 8. The van der Waals surface area contributed by atoms with Gasteiger partial charge in [0.25, 0.3) is 11.6 Å². The zero-order valence-electron chi connectivity index (χ0n) is 19.5. The van der Waals surface area contributed by atoms with Crippen molar-refractivity contribution in [2.24, 2.45) is 5.92 Å². The van der Waals surface area contributed by atoms with Crippen LogP contribution >= 0.6 is 11.6 Å². The number of hydrogen-bond acceptors (Lipinski definition) is 7. The predicted octanol–water partition coefficient (Wildman–Crippen LogP) is 2.47. The van der Waals surface area contributed by atoms with Crippen molar-refractivity contribution in [3.8, 4) is 0 Å². The average Bonchev–Trinajstić information content (AvgIpc) is 2.81. The van der Waals surface area contributed by atoms with Crippen LogP contribution in [0.2, 0.25) is 5.02 Å². The van der Waals surface area contributed by atoms with E-state index < -0.39 is 16.9 Å². The highest BCUT2D eigenvalue weighted by Crippen LogP contribution is 2.23. The van der Waals surface area contributed by atoms with Gasteiger partial charge in [0, 0.05) is 51.1 Å². The van der Waals surface area contributed by atoms with Crippen LogP contribution in [0.3, 0.4) is 0 Å². The number of amides is 2. The molecule has 2 N–H and O–H groups in total. The van der Waals surface area contributed by atoms with Crippen molar-refractivity contribution >= 4 is 34.9 Å². The molecule has 34 heavy (non-hydrogen) atoms. The molecule has 1 atom stereocenters. The fourth-order valence-electron chi connectivity index (χ4n) is 3.63. The smallest absolute Gasteiger partial charge is 0.270 e. The fourth-order valence-corrected chi connectivity index (χ4v) is 3.89. The Morgan fingerprint density at radius 1 is 1.18 bits per heavy atom. The van der Waals surface area contributed by atoms with Crippen LogP contribution in [0.1, 0.15) is 29.8 Å². The maximum atomic E-state index is 12.9. The van der Waals surface area contributed by atoms with E-state index in [2.05, 4.69) is 32.5 Å². The highest BCUT2D eigenvalue weighted by Gasteiger charge is 2.26. The van der Waals surface area contributed by atoms with Crippen molar-refractivity contribution < 1.29 is 14.5 Å². The lowest BCUT2D eigenvalue weighted by molar-refractivity contribution is -0.384. The molecule has 2 heterocycles. The number of benzene rings is 1. The van der Waals surface area contributed by atoms with Gasteiger partial charge >= 0.3 is 0 Å². The van der Waals surface area contributed by atoms with E-state index in [1.165, 1.54) is 12.1 Å². The van der Waals surface area contributed by atoms with E-state index in [1.807, 2.05) is 26.0 Å². The summed E-state index contributed by atoms with van der Waals surface area (Å²) in [5.41, 5.74) is 0.759. The topological polar surface area (TPSA) is 121 Å². The number of hydrogen-bond donors (Lipinski definition) is 2. The summed E-state index contributed by atoms with van der Waals surface area (Å²) in [4.78, 5) is 44.9. The lowest BCUT2D eigenvalue weighted by Crippen LogP contribution is -2.49. The summed E-state index contributed by atoms with van der Waals surface area (Å²) < 4.78 is 0. The van der Waals surface area contributed by atoms with E-state index in [0.717, 1.165) is 43.6 Å². The summed E-state index contributed by atoms with van der Waals surface area (Å²) in [5, 5.41) is 16.4. The van der Waals surface area contributed by atoms with Gasteiger partial charge in [-0.25, -0.2) is 4.98 Å². The lowest BCUT2D eigenvalue weighted by atomic mass is 10.0. The van der Waals surface area contributed by atoms with Crippen LogP contribution in [-0.2, 0) is 11.3 Å². The molecule has 0 radical (unpaired) electrons. The van der Waals surface area contributed by atoms with E-state index in [9.17, 15) is 19.7 Å². The predicted molar refractivity (Wildman–Crippen MR) is 130 cm³/mol. The molecular formula is C23H29ClN6O4. The van der Waals surface area contributed by atoms with E-state index in [4.69, 9.17) is 11.6 Å². The number of pyridine rings is 1. The maximum absolute atomic E-state index is 12.9. The first-order valence-electron chi connectivity index (χ1n) is 11.1. The molecule has 1 aromatic carbocycles. The second-order valence-electron chi connectivity index (χ2n) is 8.65. The number of nitro groups is 1. The third-order valence-corrected chi connectivity index (χ3v) is 6.06. The molecule has 2 aromatic rings. The van der Waals surface area contributed by atoms with Crippen molar-refractivity contribution in [3.63, 3.8) is 0 Å². The molecule has 1 aliphatic rings. The molecule has 1 aliphatic heterocycles. The van der Waals surface area contributed by atoms with Gasteiger partial charge in [0.1, 0.15) is 11.9 Å². The SMILES string of the molecule is CC(C)C(NC(=O)c1ccc([N+](=O)[O-])cc1Cl)C(=O)NCc1ccnc(N2CCN(C)CC2)c1. The van der Waals surface area contributed by atoms with Crippen LogP contribution in [0, 0.1) is 16.0 Å². The Kier molecular flexibility index (Phi) is 8.41.